The molecule has 0 radical (unpaired) electrons. The summed E-state index contributed by atoms with van der Waals surface area (Å²) in [6, 6.07) is 10.6. The van der Waals surface area contributed by atoms with Crippen molar-refractivity contribution in [2.75, 3.05) is 12.4 Å². The number of amides is 1. The van der Waals surface area contributed by atoms with Crippen molar-refractivity contribution in [3.63, 3.8) is 0 Å². The zero-order valence-corrected chi connectivity index (χ0v) is 19.9. The van der Waals surface area contributed by atoms with Gasteiger partial charge in [-0.05, 0) is 49.7 Å². The van der Waals surface area contributed by atoms with Gasteiger partial charge >= 0.3 is 0 Å². The molecular formula is C21H22Cl2N4O4S. The molecule has 0 saturated carbocycles. The first-order valence-electron chi connectivity index (χ1n) is 9.58. The molecule has 2 aromatic carbocycles. The van der Waals surface area contributed by atoms with Gasteiger partial charge in [0.15, 0.2) is 0 Å². The maximum atomic E-state index is 12.9. The summed E-state index contributed by atoms with van der Waals surface area (Å²) >= 11 is 12.2. The van der Waals surface area contributed by atoms with E-state index in [9.17, 15) is 13.2 Å². The molecule has 2 N–H and O–H groups in total. The Bertz CT molecular complexity index is 1240. The minimum atomic E-state index is -3.88. The number of rotatable bonds is 8. The number of nitrogens with one attached hydrogen (secondary N) is 2. The second-order valence-corrected chi connectivity index (χ2v) is 9.73. The van der Waals surface area contributed by atoms with Crippen molar-refractivity contribution in [2.24, 2.45) is 0 Å². The van der Waals surface area contributed by atoms with Gasteiger partial charge in [-0.3, -0.25) is 4.79 Å². The number of carbonyl (C=O) groups is 1. The van der Waals surface area contributed by atoms with Crippen molar-refractivity contribution in [3.05, 3.63) is 69.8 Å². The van der Waals surface area contributed by atoms with Gasteiger partial charge in [0.1, 0.15) is 16.5 Å². The fraction of sp³-hybridized carbons (Fsp3) is 0.238. The zero-order chi connectivity index (χ0) is 23.5. The number of carbonyl (C=O) groups excluding carboxylic acids is 1. The standard InChI is InChI=1S/C21H22Cl2N4O4S/c1-13(2)26-32(29,30)19-10-14(5-7-18(19)31-3)21(28)25-20-8-9-24-27(20)12-15-4-6-16(22)11-17(15)23/h4-11,13,26H,12H2,1-3H3,(H,25,28). The molecule has 0 fully saturated rings. The van der Waals surface area contributed by atoms with E-state index in [1.54, 1.807) is 42.8 Å². The normalized spacial score (nSPS) is 11.6. The minimum Gasteiger partial charge on any atom is -0.495 e. The first kappa shape index (κ1) is 24.1. The number of anilines is 1. The van der Waals surface area contributed by atoms with Crippen LogP contribution in [-0.4, -0.2) is 37.3 Å². The van der Waals surface area contributed by atoms with E-state index < -0.39 is 15.9 Å². The Hall–Kier alpha value is -2.59. The van der Waals surface area contributed by atoms with Crippen LogP contribution in [-0.2, 0) is 16.6 Å². The van der Waals surface area contributed by atoms with Gasteiger partial charge in [-0.1, -0.05) is 29.3 Å². The number of hydrogen-bond donors (Lipinski definition) is 2. The van der Waals surface area contributed by atoms with E-state index >= 15 is 0 Å². The number of sulfonamides is 1. The van der Waals surface area contributed by atoms with Crippen molar-refractivity contribution in [3.8, 4) is 5.75 Å². The summed E-state index contributed by atoms with van der Waals surface area (Å²) in [4.78, 5) is 12.8. The third-order valence-corrected chi connectivity index (χ3v) is 6.67. The van der Waals surface area contributed by atoms with E-state index in [0.717, 1.165) is 5.56 Å². The lowest BCUT2D eigenvalue weighted by Crippen LogP contribution is -2.30. The molecule has 0 aliphatic rings. The average molecular weight is 497 g/mol. The lowest BCUT2D eigenvalue weighted by molar-refractivity contribution is 0.102. The van der Waals surface area contributed by atoms with Gasteiger partial charge in [-0.15, -0.1) is 0 Å². The predicted molar refractivity (Wildman–Crippen MR) is 124 cm³/mol. The molecule has 1 amide bonds. The molecule has 0 atom stereocenters. The molecule has 1 heterocycles. The monoisotopic (exact) mass is 496 g/mol. The minimum absolute atomic E-state index is 0.122. The van der Waals surface area contributed by atoms with Crippen LogP contribution in [0.25, 0.3) is 0 Å². The van der Waals surface area contributed by atoms with Crippen LogP contribution in [0.1, 0.15) is 29.8 Å². The second kappa shape index (κ2) is 9.91. The smallest absolute Gasteiger partial charge is 0.256 e. The molecule has 0 unspecified atom stereocenters. The maximum Gasteiger partial charge on any atom is 0.256 e. The second-order valence-electron chi connectivity index (χ2n) is 7.21. The molecule has 0 aliphatic heterocycles. The number of halogens is 2. The molecule has 8 nitrogen and oxygen atoms in total. The van der Waals surface area contributed by atoms with Crippen molar-refractivity contribution < 1.29 is 17.9 Å². The Morgan fingerprint density at radius 2 is 1.91 bits per heavy atom. The summed E-state index contributed by atoms with van der Waals surface area (Å²) in [5.74, 6) is 0.0521. The van der Waals surface area contributed by atoms with E-state index in [1.807, 2.05) is 0 Å². The highest BCUT2D eigenvalue weighted by Crippen LogP contribution is 2.26. The molecule has 3 aromatic rings. The van der Waals surface area contributed by atoms with Crippen LogP contribution in [0, 0.1) is 0 Å². The molecule has 1 aromatic heterocycles. The highest BCUT2D eigenvalue weighted by molar-refractivity contribution is 7.89. The fourth-order valence-corrected chi connectivity index (χ4v) is 4.88. The van der Waals surface area contributed by atoms with Crippen LogP contribution in [0.5, 0.6) is 5.75 Å². The Labute approximate surface area is 196 Å². The average Bonchev–Trinajstić information content (AvgIpc) is 3.15. The molecule has 0 saturated heterocycles. The Kier molecular flexibility index (Phi) is 7.45. The topological polar surface area (TPSA) is 102 Å². The number of hydrogen-bond acceptors (Lipinski definition) is 5. The number of ether oxygens (including phenoxy) is 1. The highest BCUT2D eigenvalue weighted by Gasteiger charge is 2.23. The Morgan fingerprint density at radius 3 is 2.56 bits per heavy atom. The highest BCUT2D eigenvalue weighted by atomic mass is 35.5. The van der Waals surface area contributed by atoms with Crippen molar-refractivity contribution >= 4 is 45.0 Å². The molecule has 0 bridgehead atoms. The van der Waals surface area contributed by atoms with Gasteiger partial charge < -0.3 is 10.1 Å². The third-order valence-electron chi connectivity index (χ3n) is 4.40. The first-order valence-corrected chi connectivity index (χ1v) is 11.8. The van der Waals surface area contributed by atoms with Crippen molar-refractivity contribution in [1.29, 1.82) is 0 Å². The SMILES string of the molecule is COc1ccc(C(=O)Nc2ccnn2Cc2ccc(Cl)cc2Cl)cc1S(=O)(=O)NC(C)C. The predicted octanol–water partition coefficient (Wildman–Crippen LogP) is 4.19. The van der Waals surface area contributed by atoms with Crippen LogP contribution < -0.4 is 14.8 Å². The number of aromatic nitrogens is 2. The summed E-state index contributed by atoms with van der Waals surface area (Å²) in [6.07, 6.45) is 1.54. The quantitative estimate of drug-likeness (QED) is 0.486. The van der Waals surface area contributed by atoms with E-state index in [0.29, 0.717) is 22.4 Å². The van der Waals surface area contributed by atoms with Gasteiger partial charge in [-0.2, -0.15) is 5.10 Å². The Balaban J connectivity index is 1.86. The van der Waals surface area contributed by atoms with E-state index in [1.165, 1.54) is 31.5 Å². The fourth-order valence-electron chi connectivity index (χ4n) is 2.97. The maximum absolute atomic E-state index is 12.9. The number of nitrogens with zero attached hydrogens (tertiary/aromatic N) is 2. The summed E-state index contributed by atoms with van der Waals surface area (Å²) < 4.78 is 34.6. The van der Waals surface area contributed by atoms with E-state index in [-0.39, 0.29) is 22.3 Å². The summed E-state index contributed by atoms with van der Waals surface area (Å²) in [5.41, 5.74) is 0.917. The van der Waals surface area contributed by atoms with Crippen LogP contribution in [0.2, 0.25) is 10.0 Å². The Morgan fingerprint density at radius 1 is 1.16 bits per heavy atom. The number of methoxy groups -OCH3 is 1. The van der Waals surface area contributed by atoms with Crippen molar-refractivity contribution in [2.45, 2.75) is 31.3 Å². The summed E-state index contributed by atoms with van der Waals surface area (Å²) in [5, 5.41) is 7.97. The van der Waals surface area contributed by atoms with E-state index in [2.05, 4.69) is 15.1 Å². The van der Waals surface area contributed by atoms with Crippen LogP contribution in [0.3, 0.4) is 0 Å². The van der Waals surface area contributed by atoms with Gasteiger partial charge in [0.05, 0.1) is 19.9 Å². The molecule has 11 heteroatoms. The molecule has 32 heavy (non-hydrogen) atoms. The van der Waals surface area contributed by atoms with Crippen LogP contribution in [0.4, 0.5) is 5.82 Å². The van der Waals surface area contributed by atoms with Gasteiger partial charge in [0, 0.05) is 27.7 Å². The summed E-state index contributed by atoms with van der Waals surface area (Å²) in [6.45, 7) is 3.71. The third kappa shape index (κ3) is 5.60. The molecule has 0 aliphatic carbocycles. The van der Waals surface area contributed by atoms with Gasteiger partial charge in [0.25, 0.3) is 5.91 Å². The largest absolute Gasteiger partial charge is 0.495 e. The van der Waals surface area contributed by atoms with E-state index in [4.69, 9.17) is 27.9 Å². The molecule has 0 spiro atoms. The lowest BCUT2D eigenvalue weighted by atomic mass is 10.2. The van der Waals surface area contributed by atoms with Crippen LogP contribution >= 0.6 is 23.2 Å². The number of benzene rings is 2. The molecule has 3 rings (SSSR count). The summed E-state index contributed by atoms with van der Waals surface area (Å²) in [7, 11) is -2.51. The lowest BCUT2D eigenvalue weighted by Gasteiger charge is -2.14. The van der Waals surface area contributed by atoms with Gasteiger partial charge in [0.2, 0.25) is 10.0 Å². The van der Waals surface area contributed by atoms with Crippen LogP contribution in [0.15, 0.2) is 53.6 Å². The van der Waals surface area contributed by atoms with Gasteiger partial charge in [-0.25, -0.2) is 17.8 Å². The zero-order valence-electron chi connectivity index (χ0n) is 17.6. The van der Waals surface area contributed by atoms with Crippen molar-refractivity contribution in [1.82, 2.24) is 14.5 Å². The molecular weight excluding hydrogens is 475 g/mol. The first-order chi connectivity index (χ1) is 15.1. The molecule has 170 valence electrons.